The third-order valence-electron chi connectivity index (χ3n) is 12.9. The van der Waals surface area contributed by atoms with Crippen molar-refractivity contribution in [2.45, 2.75) is 131 Å². The quantitative estimate of drug-likeness (QED) is 0.167. The molecule has 0 radical (unpaired) electrons. The molecule has 0 aromatic heterocycles. The molecule has 4 aliphatic rings. The molecule has 39 heavy (non-hydrogen) atoms. The van der Waals surface area contributed by atoms with Gasteiger partial charge in [0.2, 0.25) is 0 Å². The first-order valence-electron chi connectivity index (χ1n) is 17.5. The molecule has 0 heterocycles. The van der Waals surface area contributed by atoms with Gasteiger partial charge in [0.15, 0.2) is 0 Å². The van der Waals surface area contributed by atoms with E-state index in [-0.39, 0.29) is 6.10 Å². The lowest BCUT2D eigenvalue weighted by atomic mass is 9.43. The molecule has 0 aromatic carbocycles. The number of fused-ring (bicyclic) bond motifs is 5. The van der Waals surface area contributed by atoms with Crippen LogP contribution in [0, 0.1) is 58.2 Å². The maximum Gasteiger partial charge on any atom is 0.0577 e. The zero-order valence-corrected chi connectivity index (χ0v) is 26.7. The van der Waals surface area contributed by atoms with E-state index in [9.17, 15) is 5.11 Å². The maximum atomic E-state index is 11.8. The van der Waals surface area contributed by atoms with E-state index in [1.165, 1.54) is 83.6 Å². The van der Waals surface area contributed by atoms with Gasteiger partial charge in [-0.2, -0.15) is 0 Å². The molecule has 0 amide bonds. The number of hydrogen-bond acceptors (Lipinski definition) is 4. The molecule has 0 saturated heterocycles. The molecule has 0 aliphatic heterocycles. The summed E-state index contributed by atoms with van der Waals surface area (Å²) >= 11 is 0. The van der Waals surface area contributed by atoms with Crippen LogP contribution in [0.5, 0.6) is 0 Å². The van der Waals surface area contributed by atoms with Gasteiger partial charge in [-0.25, -0.2) is 0 Å². The highest BCUT2D eigenvalue weighted by Crippen LogP contribution is 2.68. The van der Waals surface area contributed by atoms with E-state index in [0.717, 1.165) is 80.4 Å². The van der Waals surface area contributed by atoms with Gasteiger partial charge in [-0.3, -0.25) is 0 Å². The van der Waals surface area contributed by atoms with Gasteiger partial charge in [-0.15, -0.1) is 0 Å². The van der Waals surface area contributed by atoms with Gasteiger partial charge in [-0.1, -0.05) is 53.9 Å². The molecule has 4 nitrogen and oxygen atoms in total. The Morgan fingerprint density at radius 2 is 1.51 bits per heavy atom. The first-order chi connectivity index (χ1) is 18.7. The second-order valence-corrected chi connectivity index (χ2v) is 15.8. The molecule has 0 bridgehead atoms. The van der Waals surface area contributed by atoms with E-state index < -0.39 is 0 Å². The Morgan fingerprint density at radius 1 is 0.795 bits per heavy atom. The lowest BCUT2D eigenvalue weighted by Crippen LogP contribution is -2.58. The molecule has 5 unspecified atom stereocenters. The Balaban J connectivity index is 1.27. The molecule has 4 aliphatic carbocycles. The molecule has 10 atom stereocenters. The number of nitrogens with one attached hydrogen (secondary N) is 2. The predicted molar refractivity (Wildman–Crippen MR) is 167 cm³/mol. The van der Waals surface area contributed by atoms with Crippen LogP contribution in [-0.4, -0.2) is 43.9 Å². The first-order valence-corrected chi connectivity index (χ1v) is 17.5. The SMILES string of the molecule is CC(C)CCCC(C)[C@H]1CCC2C3C(CC[C@@]21C)[C@@]1(C)CC[C@H](CNCCCNCCCCN)CC1C[C@H]3O. The van der Waals surface area contributed by atoms with Crippen LogP contribution in [0.15, 0.2) is 0 Å². The summed E-state index contributed by atoms with van der Waals surface area (Å²) in [5.74, 6) is 6.12. The second kappa shape index (κ2) is 14.3. The van der Waals surface area contributed by atoms with Crippen LogP contribution < -0.4 is 16.4 Å². The molecule has 4 rings (SSSR count). The van der Waals surface area contributed by atoms with Gasteiger partial charge in [0.05, 0.1) is 6.10 Å². The Labute approximate surface area is 242 Å². The minimum atomic E-state index is -0.0650. The fourth-order valence-electron chi connectivity index (χ4n) is 10.7. The fraction of sp³-hybridized carbons (Fsp3) is 1.00. The fourth-order valence-corrected chi connectivity index (χ4v) is 10.7. The lowest BCUT2D eigenvalue weighted by molar-refractivity contribution is -0.169. The summed E-state index contributed by atoms with van der Waals surface area (Å²) in [6.45, 7) is 17.9. The standard InChI is InChI=1S/C35H67N3O/c1-25(2)10-8-11-26(3)29-12-13-30-33-31(15-17-35(29,30)5)34(4)16-14-27(22-28(34)23-32(33)39)24-38-21-9-20-37-19-7-6-18-36/h25-33,37-39H,6-24,36H2,1-5H3/t26?,27-,28?,29+,30?,31?,32+,33?,34-,35+/m0/s1. The summed E-state index contributed by atoms with van der Waals surface area (Å²) in [7, 11) is 0. The number of nitrogens with two attached hydrogens (primary N) is 1. The number of aliphatic hydroxyl groups is 1. The van der Waals surface area contributed by atoms with E-state index in [4.69, 9.17) is 5.73 Å². The van der Waals surface area contributed by atoms with Crippen molar-refractivity contribution in [2.24, 2.45) is 63.9 Å². The van der Waals surface area contributed by atoms with Crippen LogP contribution in [-0.2, 0) is 0 Å². The van der Waals surface area contributed by atoms with Gasteiger partial charge in [0.25, 0.3) is 0 Å². The zero-order chi connectivity index (χ0) is 28.0. The summed E-state index contributed by atoms with van der Waals surface area (Å²) < 4.78 is 0. The maximum absolute atomic E-state index is 11.8. The van der Waals surface area contributed by atoms with Crippen LogP contribution in [0.3, 0.4) is 0 Å². The highest BCUT2D eigenvalue weighted by molar-refractivity contribution is 5.11. The average Bonchev–Trinajstić information content (AvgIpc) is 3.25. The second-order valence-electron chi connectivity index (χ2n) is 15.8. The number of hydrogen-bond donors (Lipinski definition) is 4. The Bertz CT molecular complexity index is 729. The van der Waals surface area contributed by atoms with Gasteiger partial charge in [-0.05, 0) is 162 Å². The van der Waals surface area contributed by atoms with Crippen LogP contribution in [0.2, 0.25) is 0 Å². The minimum Gasteiger partial charge on any atom is -0.393 e. The van der Waals surface area contributed by atoms with Crippen molar-refractivity contribution in [3.63, 3.8) is 0 Å². The van der Waals surface area contributed by atoms with Crippen LogP contribution >= 0.6 is 0 Å². The van der Waals surface area contributed by atoms with E-state index in [2.05, 4.69) is 45.3 Å². The van der Waals surface area contributed by atoms with Crippen molar-refractivity contribution in [3.05, 3.63) is 0 Å². The average molecular weight is 546 g/mol. The first kappa shape index (κ1) is 31.8. The summed E-state index contributed by atoms with van der Waals surface area (Å²) in [6.07, 6.45) is 18.4. The molecule has 0 spiro atoms. The van der Waals surface area contributed by atoms with Crippen molar-refractivity contribution in [1.29, 1.82) is 0 Å². The van der Waals surface area contributed by atoms with Crippen molar-refractivity contribution >= 4 is 0 Å². The molecule has 4 saturated carbocycles. The van der Waals surface area contributed by atoms with Crippen molar-refractivity contribution < 1.29 is 5.11 Å². The topological polar surface area (TPSA) is 70.3 Å². The lowest BCUT2D eigenvalue weighted by Gasteiger charge is -2.62. The molecule has 4 heteroatoms. The largest absolute Gasteiger partial charge is 0.393 e. The predicted octanol–water partition coefficient (Wildman–Crippen LogP) is 7.00. The summed E-state index contributed by atoms with van der Waals surface area (Å²) in [4.78, 5) is 0. The third kappa shape index (κ3) is 7.26. The number of unbranched alkanes of at least 4 members (excludes halogenated alkanes) is 1. The van der Waals surface area contributed by atoms with Gasteiger partial charge >= 0.3 is 0 Å². The highest BCUT2D eigenvalue weighted by atomic mass is 16.3. The van der Waals surface area contributed by atoms with E-state index >= 15 is 0 Å². The molecule has 0 aromatic rings. The Morgan fingerprint density at radius 3 is 2.28 bits per heavy atom. The van der Waals surface area contributed by atoms with Gasteiger partial charge in [0.1, 0.15) is 0 Å². The summed E-state index contributed by atoms with van der Waals surface area (Å²) in [5, 5.41) is 19.1. The van der Waals surface area contributed by atoms with Crippen molar-refractivity contribution in [3.8, 4) is 0 Å². The van der Waals surface area contributed by atoms with E-state index in [1.54, 1.807) is 0 Å². The number of rotatable bonds is 15. The van der Waals surface area contributed by atoms with Crippen molar-refractivity contribution in [2.75, 3.05) is 32.7 Å². The minimum absolute atomic E-state index is 0.0650. The van der Waals surface area contributed by atoms with E-state index in [1.807, 2.05) is 0 Å². The third-order valence-corrected chi connectivity index (χ3v) is 12.9. The van der Waals surface area contributed by atoms with Crippen LogP contribution in [0.4, 0.5) is 0 Å². The molecular formula is C35H67N3O. The van der Waals surface area contributed by atoms with Crippen molar-refractivity contribution in [1.82, 2.24) is 10.6 Å². The summed E-state index contributed by atoms with van der Waals surface area (Å²) in [6, 6.07) is 0. The molecule has 5 N–H and O–H groups in total. The van der Waals surface area contributed by atoms with Gasteiger partial charge in [0, 0.05) is 0 Å². The highest BCUT2D eigenvalue weighted by Gasteiger charge is 2.62. The Hall–Kier alpha value is -0.160. The normalized spacial score (nSPS) is 40.8. The molecular weight excluding hydrogens is 478 g/mol. The smallest absolute Gasteiger partial charge is 0.0577 e. The summed E-state index contributed by atoms with van der Waals surface area (Å²) in [5.41, 5.74) is 6.49. The zero-order valence-electron chi connectivity index (χ0n) is 26.7. The van der Waals surface area contributed by atoms with E-state index in [0.29, 0.717) is 16.7 Å². The molecule has 4 fully saturated rings. The monoisotopic (exact) mass is 546 g/mol. The molecule has 228 valence electrons. The van der Waals surface area contributed by atoms with Crippen LogP contribution in [0.25, 0.3) is 0 Å². The number of aliphatic hydroxyl groups excluding tert-OH is 1. The van der Waals surface area contributed by atoms with Gasteiger partial charge < -0.3 is 21.5 Å². The Kier molecular flexibility index (Phi) is 11.7. The van der Waals surface area contributed by atoms with Crippen LogP contribution in [0.1, 0.15) is 125 Å².